The van der Waals surface area contributed by atoms with Crippen LogP contribution in [0.1, 0.15) is 34.1 Å². The van der Waals surface area contributed by atoms with E-state index in [0.717, 1.165) is 23.7 Å². The van der Waals surface area contributed by atoms with Crippen LogP contribution in [0.3, 0.4) is 0 Å². The molecule has 0 saturated heterocycles. The average Bonchev–Trinajstić information content (AvgIpc) is 2.70. The SMILES string of the molecule is CCNC(Cc1ccccc1Br)c1sc(C)nc1C. The van der Waals surface area contributed by atoms with Gasteiger partial charge >= 0.3 is 0 Å². The van der Waals surface area contributed by atoms with E-state index in [1.807, 2.05) is 0 Å². The van der Waals surface area contributed by atoms with Crippen molar-refractivity contribution in [1.29, 1.82) is 0 Å². The Morgan fingerprint density at radius 1 is 1.32 bits per heavy atom. The van der Waals surface area contributed by atoms with Crippen LogP contribution in [0.5, 0.6) is 0 Å². The molecule has 1 aromatic carbocycles. The summed E-state index contributed by atoms with van der Waals surface area (Å²) in [7, 11) is 0. The van der Waals surface area contributed by atoms with Crippen LogP contribution in [0.25, 0.3) is 0 Å². The predicted molar refractivity (Wildman–Crippen MR) is 85.9 cm³/mol. The standard InChI is InChI=1S/C15H19BrN2S/c1-4-17-14(15-10(2)18-11(3)19-15)9-12-7-5-6-8-13(12)16/h5-8,14,17H,4,9H2,1-3H3. The predicted octanol–water partition coefficient (Wildman–Crippen LogP) is 4.42. The van der Waals surface area contributed by atoms with Crippen molar-refractivity contribution < 1.29 is 0 Å². The number of likely N-dealkylation sites (N-methyl/N-ethyl adjacent to an activating group) is 1. The van der Waals surface area contributed by atoms with Gasteiger partial charge in [0.15, 0.2) is 0 Å². The van der Waals surface area contributed by atoms with Crippen LogP contribution in [0.15, 0.2) is 28.7 Å². The molecule has 2 rings (SSSR count). The average molecular weight is 339 g/mol. The normalized spacial score (nSPS) is 12.6. The molecule has 0 radical (unpaired) electrons. The third-order valence-corrected chi connectivity index (χ3v) is 5.05. The molecule has 4 heteroatoms. The maximum Gasteiger partial charge on any atom is 0.0900 e. The van der Waals surface area contributed by atoms with Gasteiger partial charge in [0.1, 0.15) is 0 Å². The van der Waals surface area contributed by atoms with Crippen LogP contribution in [-0.2, 0) is 6.42 Å². The summed E-state index contributed by atoms with van der Waals surface area (Å²) in [4.78, 5) is 5.90. The summed E-state index contributed by atoms with van der Waals surface area (Å²) in [6.07, 6.45) is 0.984. The zero-order chi connectivity index (χ0) is 13.8. The largest absolute Gasteiger partial charge is 0.309 e. The molecule has 2 nitrogen and oxygen atoms in total. The van der Waals surface area contributed by atoms with E-state index in [2.05, 4.69) is 71.3 Å². The van der Waals surface area contributed by atoms with Crippen molar-refractivity contribution in [3.8, 4) is 0 Å². The lowest BCUT2D eigenvalue weighted by atomic mass is 10.0. The molecule has 0 aliphatic carbocycles. The van der Waals surface area contributed by atoms with Gasteiger partial charge in [0.2, 0.25) is 0 Å². The minimum Gasteiger partial charge on any atom is -0.309 e. The van der Waals surface area contributed by atoms with Crippen LogP contribution in [-0.4, -0.2) is 11.5 Å². The smallest absolute Gasteiger partial charge is 0.0900 e. The van der Waals surface area contributed by atoms with Crippen molar-refractivity contribution >= 4 is 27.3 Å². The topological polar surface area (TPSA) is 24.9 Å². The Morgan fingerprint density at radius 3 is 2.63 bits per heavy atom. The van der Waals surface area contributed by atoms with Crippen molar-refractivity contribution in [3.05, 3.63) is 49.9 Å². The molecule has 1 heterocycles. The second-order valence-electron chi connectivity index (χ2n) is 4.59. The van der Waals surface area contributed by atoms with Crippen molar-refractivity contribution in [2.75, 3.05) is 6.54 Å². The van der Waals surface area contributed by atoms with Crippen LogP contribution in [0.2, 0.25) is 0 Å². The Hall–Kier alpha value is -0.710. The number of aryl methyl sites for hydroxylation is 2. The summed E-state index contributed by atoms with van der Waals surface area (Å²) < 4.78 is 1.18. The fourth-order valence-corrected chi connectivity index (χ4v) is 3.71. The van der Waals surface area contributed by atoms with E-state index in [9.17, 15) is 0 Å². The minimum atomic E-state index is 0.342. The molecular formula is C15H19BrN2S. The Kier molecular flexibility index (Phi) is 5.13. The first kappa shape index (κ1) is 14.7. The molecule has 1 N–H and O–H groups in total. The summed E-state index contributed by atoms with van der Waals surface area (Å²) in [6.45, 7) is 7.29. The number of nitrogens with zero attached hydrogens (tertiary/aromatic N) is 1. The molecule has 0 aliphatic heterocycles. The molecule has 0 spiro atoms. The third kappa shape index (κ3) is 3.65. The van der Waals surface area contributed by atoms with E-state index in [4.69, 9.17) is 0 Å². The van der Waals surface area contributed by atoms with Gasteiger partial charge in [-0.15, -0.1) is 11.3 Å². The zero-order valence-corrected chi connectivity index (χ0v) is 13.9. The quantitative estimate of drug-likeness (QED) is 0.872. The number of hydrogen-bond donors (Lipinski definition) is 1. The molecule has 0 bridgehead atoms. The molecule has 0 saturated carbocycles. The summed E-state index contributed by atoms with van der Waals surface area (Å²) in [6, 6.07) is 8.77. The van der Waals surface area contributed by atoms with Gasteiger partial charge < -0.3 is 5.32 Å². The van der Waals surface area contributed by atoms with E-state index in [-0.39, 0.29) is 0 Å². The number of aromatic nitrogens is 1. The Bertz CT molecular complexity index is 551. The van der Waals surface area contributed by atoms with Crippen LogP contribution < -0.4 is 5.32 Å². The summed E-state index contributed by atoms with van der Waals surface area (Å²) in [5.41, 5.74) is 2.49. The van der Waals surface area contributed by atoms with Crippen LogP contribution in [0.4, 0.5) is 0 Å². The molecule has 0 fully saturated rings. The Morgan fingerprint density at radius 2 is 2.05 bits per heavy atom. The molecule has 2 aromatic rings. The van der Waals surface area contributed by atoms with E-state index in [1.165, 1.54) is 14.9 Å². The van der Waals surface area contributed by atoms with Gasteiger partial charge in [-0.1, -0.05) is 41.1 Å². The minimum absolute atomic E-state index is 0.342. The summed E-state index contributed by atoms with van der Waals surface area (Å²) in [5.74, 6) is 0. The van der Waals surface area contributed by atoms with E-state index in [1.54, 1.807) is 11.3 Å². The number of nitrogens with one attached hydrogen (secondary N) is 1. The first-order valence-corrected chi connectivity index (χ1v) is 8.13. The highest BCUT2D eigenvalue weighted by atomic mass is 79.9. The highest BCUT2D eigenvalue weighted by Crippen LogP contribution is 2.29. The van der Waals surface area contributed by atoms with E-state index in [0.29, 0.717) is 6.04 Å². The van der Waals surface area contributed by atoms with Crippen molar-refractivity contribution in [1.82, 2.24) is 10.3 Å². The molecule has 19 heavy (non-hydrogen) atoms. The van der Waals surface area contributed by atoms with Crippen molar-refractivity contribution in [3.63, 3.8) is 0 Å². The van der Waals surface area contributed by atoms with Crippen LogP contribution in [0, 0.1) is 13.8 Å². The molecule has 102 valence electrons. The molecule has 1 atom stereocenters. The summed E-state index contributed by atoms with van der Waals surface area (Å²) >= 11 is 5.43. The number of thiazole rings is 1. The maximum atomic E-state index is 4.55. The number of rotatable bonds is 5. The maximum absolute atomic E-state index is 4.55. The van der Waals surface area contributed by atoms with Gasteiger partial charge in [-0.2, -0.15) is 0 Å². The lowest BCUT2D eigenvalue weighted by molar-refractivity contribution is 0.554. The van der Waals surface area contributed by atoms with Crippen LogP contribution >= 0.6 is 27.3 Å². The lowest BCUT2D eigenvalue weighted by Gasteiger charge is -2.18. The van der Waals surface area contributed by atoms with Gasteiger partial charge in [0.05, 0.1) is 10.7 Å². The molecule has 1 aromatic heterocycles. The molecule has 0 aliphatic rings. The Labute approximate surface area is 127 Å². The highest BCUT2D eigenvalue weighted by molar-refractivity contribution is 9.10. The zero-order valence-electron chi connectivity index (χ0n) is 11.5. The second kappa shape index (κ2) is 6.64. The first-order valence-electron chi connectivity index (χ1n) is 6.52. The highest BCUT2D eigenvalue weighted by Gasteiger charge is 2.18. The van der Waals surface area contributed by atoms with Crippen molar-refractivity contribution in [2.24, 2.45) is 0 Å². The second-order valence-corrected chi connectivity index (χ2v) is 6.68. The third-order valence-electron chi connectivity index (χ3n) is 3.09. The first-order chi connectivity index (χ1) is 9.11. The van der Waals surface area contributed by atoms with E-state index >= 15 is 0 Å². The molecular weight excluding hydrogens is 320 g/mol. The fraction of sp³-hybridized carbons (Fsp3) is 0.400. The molecule has 0 amide bonds. The number of halogens is 1. The number of benzene rings is 1. The fourth-order valence-electron chi connectivity index (χ4n) is 2.26. The molecule has 1 unspecified atom stereocenters. The van der Waals surface area contributed by atoms with Gasteiger partial charge in [-0.05, 0) is 38.4 Å². The monoisotopic (exact) mass is 338 g/mol. The van der Waals surface area contributed by atoms with E-state index < -0.39 is 0 Å². The summed E-state index contributed by atoms with van der Waals surface area (Å²) in [5, 5.41) is 4.72. The van der Waals surface area contributed by atoms with Gasteiger partial charge in [-0.3, -0.25) is 0 Å². The van der Waals surface area contributed by atoms with Gasteiger partial charge in [0, 0.05) is 15.4 Å². The van der Waals surface area contributed by atoms with Crippen molar-refractivity contribution in [2.45, 2.75) is 33.2 Å². The number of hydrogen-bond acceptors (Lipinski definition) is 3. The lowest BCUT2D eigenvalue weighted by Crippen LogP contribution is -2.23. The Balaban J connectivity index is 2.26. The van der Waals surface area contributed by atoms with Gasteiger partial charge in [0.25, 0.3) is 0 Å². The van der Waals surface area contributed by atoms with Gasteiger partial charge in [-0.25, -0.2) is 4.98 Å².